The molecule has 31 heavy (non-hydrogen) atoms. The highest BCUT2D eigenvalue weighted by Gasteiger charge is 2.39. The van der Waals surface area contributed by atoms with Gasteiger partial charge in [0, 0.05) is 35.4 Å². The highest BCUT2D eigenvalue weighted by molar-refractivity contribution is 7.10. The van der Waals surface area contributed by atoms with Crippen molar-refractivity contribution in [1.82, 2.24) is 15.2 Å². The number of ether oxygens (including phenoxy) is 1. The molecule has 1 aliphatic rings. The summed E-state index contributed by atoms with van der Waals surface area (Å²) in [6.45, 7) is 9.00. The molecule has 0 saturated carbocycles. The van der Waals surface area contributed by atoms with Gasteiger partial charge in [-0.05, 0) is 57.7 Å². The number of nitrogens with zero attached hydrogens (tertiary/aromatic N) is 3. The van der Waals surface area contributed by atoms with Crippen molar-refractivity contribution in [2.24, 2.45) is 4.99 Å². The molecule has 0 bridgehead atoms. The minimum absolute atomic E-state index is 0.139. The lowest BCUT2D eigenvalue weighted by Crippen LogP contribution is -2.52. The molecule has 1 aliphatic heterocycles. The summed E-state index contributed by atoms with van der Waals surface area (Å²) < 4.78 is 5.31. The van der Waals surface area contributed by atoms with Crippen LogP contribution in [0.4, 0.5) is 4.79 Å². The fourth-order valence-corrected chi connectivity index (χ4v) is 4.13. The smallest absolute Gasteiger partial charge is 0.414 e. The average molecular weight is 439 g/mol. The molecule has 7 nitrogen and oxygen atoms in total. The van der Waals surface area contributed by atoms with Gasteiger partial charge in [-0.15, -0.1) is 17.3 Å². The highest BCUT2D eigenvalue weighted by Crippen LogP contribution is 2.39. The van der Waals surface area contributed by atoms with E-state index in [9.17, 15) is 9.59 Å². The first-order chi connectivity index (χ1) is 14.5. The van der Waals surface area contributed by atoms with Crippen LogP contribution < -0.4 is 5.32 Å². The zero-order valence-corrected chi connectivity index (χ0v) is 19.4. The fraction of sp³-hybridized carbons (Fsp3) is 0.391. The quantitative estimate of drug-likeness (QED) is 0.715. The number of hydrogen-bond donors (Lipinski definition) is 1. The highest BCUT2D eigenvalue weighted by atomic mass is 32.1. The minimum atomic E-state index is -0.800. The number of guanidine groups is 1. The lowest BCUT2D eigenvalue weighted by atomic mass is 9.93. The number of aliphatic imine (C=N–C) groups is 1. The Bertz CT molecular complexity index is 1100. The Labute approximate surface area is 186 Å². The maximum atomic E-state index is 12.7. The van der Waals surface area contributed by atoms with Crippen LogP contribution in [0, 0.1) is 11.8 Å². The summed E-state index contributed by atoms with van der Waals surface area (Å²) in [6.07, 6.45) is 3.06. The number of alkyl carbamates (subject to hydrolysis) is 1. The Kier molecular flexibility index (Phi) is 6.18. The van der Waals surface area contributed by atoms with Crippen LogP contribution >= 0.6 is 11.3 Å². The van der Waals surface area contributed by atoms with Gasteiger partial charge in [-0.3, -0.25) is 20.0 Å². The van der Waals surface area contributed by atoms with Crippen LogP contribution in [0.5, 0.6) is 0 Å². The summed E-state index contributed by atoms with van der Waals surface area (Å²) in [6, 6.07) is 3.99. The van der Waals surface area contributed by atoms with Crippen molar-refractivity contribution in [1.29, 1.82) is 0 Å². The van der Waals surface area contributed by atoms with Gasteiger partial charge in [-0.1, -0.05) is 5.92 Å². The zero-order chi connectivity index (χ0) is 22.8. The summed E-state index contributed by atoms with van der Waals surface area (Å²) in [7, 11) is 1.59. The number of carbonyl (C=O) groups excluding carboxylic acids is 2. The van der Waals surface area contributed by atoms with Crippen LogP contribution in [-0.2, 0) is 15.1 Å². The van der Waals surface area contributed by atoms with Gasteiger partial charge in [-0.25, -0.2) is 9.79 Å². The molecule has 3 heterocycles. The van der Waals surface area contributed by atoms with Gasteiger partial charge in [0.05, 0.1) is 6.42 Å². The molecule has 2 aromatic heterocycles. The van der Waals surface area contributed by atoms with Crippen molar-refractivity contribution in [3.05, 3.63) is 40.3 Å². The van der Waals surface area contributed by atoms with Crippen molar-refractivity contribution in [2.75, 3.05) is 7.05 Å². The first-order valence-corrected chi connectivity index (χ1v) is 10.7. The normalized spacial score (nSPS) is 18.7. The second kappa shape index (κ2) is 8.52. The number of nitrogens with one attached hydrogen (secondary N) is 1. The number of pyridine rings is 1. The largest absolute Gasteiger partial charge is 0.444 e. The topological polar surface area (TPSA) is 83.9 Å². The molecule has 1 N–H and O–H groups in total. The molecule has 2 aromatic rings. The summed E-state index contributed by atoms with van der Waals surface area (Å²) in [5, 5.41) is 4.63. The van der Waals surface area contributed by atoms with Gasteiger partial charge in [0.1, 0.15) is 11.1 Å². The number of hydrogen-bond acceptors (Lipinski definition) is 6. The van der Waals surface area contributed by atoms with Gasteiger partial charge in [0.15, 0.2) is 0 Å². The number of amides is 2. The van der Waals surface area contributed by atoms with E-state index in [1.54, 1.807) is 47.1 Å². The van der Waals surface area contributed by atoms with Crippen LogP contribution in [0.2, 0.25) is 0 Å². The van der Waals surface area contributed by atoms with Gasteiger partial charge < -0.3 is 4.74 Å². The van der Waals surface area contributed by atoms with E-state index in [1.165, 1.54) is 16.2 Å². The molecule has 0 fully saturated rings. The number of thiophene rings is 1. The number of carbonyl (C=O) groups is 2. The SMILES string of the molecule is CC#Cc1cncc(-c2csc([C@]3(C)CC(=O)N(C)C(NC(=O)OC(C)(C)C)=N3)c2)c1. The summed E-state index contributed by atoms with van der Waals surface area (Å²) in [5.74, 6) is 5.92. The standard InChI is InChI=1S/C23H26N4O3S/c1-7-8-15-9-16(13-24-12-15)17-10-18(31-14-17)23(5)11-19(28)27(6)20(26-23)25-21(29)30-22(2,3)4/h9-10,12-14H,11H2,1-6H3,(H,25,26,29)/t23-/m0/s1. The summed E-state index contributed by atoms with van der Waals surface area (Å²) >= 11 is 1.52. The van der Waals surface area contributed by atoms with Crippen LogP contribution in [-0.4, -0.2) is 40.5 Å². The minimum Gasteiger partial charge on any atom is -0.444 e. The van der Waals surface area contributed by atoms with Crippen LogP contribution in [0.1, 0.15) is 51.5 Å². The Balaban J connectivity index is 1.91. The van der Waals surface area contributed by atoms with Gasteiger partial charge in [0.25, 0.3) is 0 Å². The molecule has 162 valence electrons. The molecule has 0 unspecified atom stereocenters. The van der Waals surface area contributed by atoms with E-state index in [4.69, 9.17) is 9.73 Å². The lowest BCUT2D eigenvalue weighted by molar-refractivity contribution is -0.128. The van der Waals surface area contributed by atoms with E-state index in [1.807, 2.05) is 24.4 Å². The average Bonchev–Trinajstić information content (AvgIpc) is 3.16. The lowest BCUT2D eigenvalue weighted by Gasteiger charge is -2.34. The molecule has 0 saturated heterocycles. The first-order valence-electron chi connectivity index (χ1n) is 9.84. The molecule has 2 amide bonds. The van der Waals surface area contributed by atoms with E-state index in [2.05, 4.69) is 22.1 Å². The monoisotopic (exact) mass is 438 g/mol. The molecule has 3 rings (SSSR count). The molecule has 0 aliphatic carbocycles. The molecule has 0 spiro atoms. The Morgan fingerprint density at radius 2 is 2.03 bits per heavy atom. The summed E-state index contributed by atoms with van der Waals surface area (Å²) in [4.78, 5) is 36.2. The first kappa shape index (κ1) is 22.5. The predicted octanol–water partition coefficient (Wildman–Crippen LogP) is 4.14. The third-order valence-corrected chi connectivity index (χ3v) is 5.81. The zero-order valence-electron chi connectivity index (χ0n) is 18.6. The molecular weight excluding hydrogens is 412 g/mol. The van der Waals surface area contributed by atoms with Crippen molar-refractivity contribution in [3.8, 4) is 23.0 Å². The fourth-order valence-electron chi connectivity index (χ4n) is 3.11. The van der Waals surface area contributed by atoms with Crippen molar-refractivity contribution in [2.45, 2.75) is 52.2 Å². The molecule has 8 heteroatoms. The van der Waals surface area contributed by atoms with E-state index < -0.39 is 17.2 Å². The Hall–Kier alpha value is -3.18. The van der Waals surface area contributed by atoms with E-state index in [0.717, 1.165) is 21.6 Å². The summed E-state index contributed by atoms with van der Waals surface area (Å²) in [5.41, 5.74) is 1.32. The van der Waals surface area contributed by atoms with Crippen LogP contribution in [0.15, 0.2) is 34.9 Å². The van der Waals surface area contributed by atoms with E-state index in [-0.39, 0.29) is 18.3 Å². The maximum Gasteiger partial charge on any atom is 0.414 e. The van der Waals surface area contributed by atoms with Gasteiger partial charge in [-0.2, -0.15) is 0 Å². The second-order valence-electron chi connectivity index (χ2n) is 8.50. The van der Waals surface area contributed by atoms with Gasteiger partial charge in [0.2, 0.25) is 11.9 Å². The molecule has 0 radical (unpaired) electrons. The third kappa shape index (κ3) is 5.30. The number of rotatable bonds is 2. The molecule has 0 aromatic carbocycles. The Morgan fingerprint density at radius 1 is 1.29 bits per heavy atom. The predicted molar refractivity (Wildman–Crippen MR) is 122 cm³/mol. The third-order valence-electron chi connectivity index (χ3n) is 4.62. The van der Waals surface area contributed by atoms with E-state index >= 15 is 0 Å². The number of aromatic nitrogens is 1. The maximum absolute atomic E-state index is 12.7. The van der Waals surface area contributed by atoms with Crippen LogP contribution in [0.25, 0.3) is 11.1 Å². The van der Waals surface area contributed by atoms with Crippen molar-refractivity contribution in [3.63, 3.8) is 0 Å². The molecular formula is C23H26N4O3S. The molecule has 1 atom stereocenters. The Morgan fingerprint density at radius 3 is 2.71 bits per heavy atom. The second-order valence-corrected chi connectivity index (χ2v) is 9.41. The van der Waals surface area contributed by atoms with Crippen molar-refractivity contribution >= 4 is 29.3 Å². The van der Waals surface area contributed by atoms with E-state index in [0.29, 0.717) is 0 Å². The van der Waals surface area contributed by atoms with Crippen molar-refractivity contribution < 1.29 is 14.3 Å². The van der Waals surface area contributed by atoms with Crippen LogP contribution in [0.3, 0.4) is 0 Å². The van der Waals surface area contributed by atoms with Gasteiger partial charge >= 0.3 is 6.09 Å².